The maximum absolute atomic E-state index is 12.6. The number of carbonyl (C=O) groups excluding carboxylic acids is 2. The molecule has 5 heteroatoms. The minimum atomic E-state index is -0.188. The predicted molar refractivity (Wildman–Crippen MR) is 106 cm³/mol. The zero-order chi connectivity index (χ0) is 18.6. The van der Waals surface area contributed by atoms with Crippen molar-refractivity contribution in [1.82, 2.24) is 4.98 Å². The Balaban J connectivity index is 1.48. The fourth-order valence-electron chi connectivity index (χ4n) is 3.21. The van der Waals surface area contributed by atoms with Crippen molar-refractivity contribution in [2.24, 2.45) is 0 Å². The van der Waals surface area contributed by atoms with Crippen LogP contribution >= 0.6 is 0 Å². The molecule has 1 N–H and O–H groups in total. The molecule has 0 atom stereocenters. The third-order valence-electron chi connectivity index (χ3n) is 4.60. The van der Waals surface area contributed by atoms with Gasteiger partial charge in [-0.25, -0.2) is 0 Å². The minimum Gasteiger partial charge on any atom is -0.322 e. The number of amides is 2. The number of rotatable bonds is 4. The molecule has 4 rings (SSSR count). The monoisotopic (exact) mass is 357 g/mol. The fraction of sp³-hybridized carbons (Fsp3) is 0.136. The van der Waals surface area contributed by atoms with Crippen molar-refractivity contribution in [3.63, 3.8) is 0 Å². The highest BCUT2D eigenvalue weighted by molar-refractivity contribution is 6.05. The molecule has 0 spiro atoms. The lowest BCUT2D eigenvalue weighted by Crippen LogP contribution is -2.23. The molecule has 2 aromatic carbocycles. The van der Waals surface area contributed by atoms with Crippen LogP contribution in [0.1, 0.15) is 23.2 Å². The van der Waals surface area contributed by atoms with E-state index >= 15 is 0 Å². The average Bonchev–Trinajstić information content (AvgIpc) is 3.15. The first-order valence-electron chi connectivity index (χ1n) is 8.94. The van der Waals surface area contributed by atoms with Gasteiger partial charge in [0.1, 0.15) is 0 Å². The molecule has 3 aromatic rings. The molecule has 0 bridgehead atoms. The first kappa shape index (κ1) is 17.0. The fourth-order valence-corrected chi connectivity index (χ4v) is 3.21. The summed E-state index contributed by atoms with van der Waals surface area (Å²) in [5.74, 6) is -0.0500. The molecule has 1 aliphatic rings. The van der Waals surface area contributed by atoms with Crippen LogP contribution in [0.3, 0.4) is 0 Å². The third kappa shape index (κ3) is 3.72. The number of aromatic nitrogens is 1. The van der Waals surface area contributed by atoms with E-state index in [1.807, 2.05) is 54.6 Å². The van der Waals surface area contributed by atoms with Crippen LogP contribution in [0.2, 0.25) is 0 Å². The van der Waals surface area contributed by atoms with Crippen LogP contribution in [-0.4, -0.2) is 23.3 Å². The van der Waals surface area contributed by atoms with Crippen LogP contribution in [0.15, 0.2) is 72.9 Å². The van der Waals surface area contributed by atoms with E-state index in [1.54, 1.807) is 23.2 Å². The van der Waals surface area contributed by atoms with Gasteiger partial charge in [-0.05, 0) is 55.0 Å². The number of carbonyl (C=O) groups is 2. The largest absolute Gasteiger partial charge is 0.322 e. The average molecular weight is 357 g/mol. The summed E-state index contributed by atoms with van der Waals surface area (Å²) in [6.07, 6.45) is 3.22. The molecule has 1 aliphatic heterocycles. The van der Waals surface area contributed by atoms with Crippen LogP contribution in [0, 0.1) is 0 Å². The number of benzene rings is 2. The third-order valence-corrected chi connectivity index (χ3v) is 4.60. The molecular formula is C22H19N3O2. The van der Waals surface area contributed by atoms with Gasteiger partial charge in [0.15, 0.2) is 0 Å². The van der Waals surface area contributed by atoms with Gasteiger partial charge in [-0.1, -0.05) is 18.2 Å². The Morgan fingerprint density at radius 1 is 1.00 bits per heavy atom. The van der Waals surface area contributed by atoms with Crippen molar-refractivity contribution in [2.75, 3.05) is 16.8 Å². The van der Waals surface area contributed by atoms with E-state index in [0.29, 0.717) is 17.7 Å². The minimum absolute atomic E-state index is 0.138. The maximum atomic E-state index is 12.6. The lowest BCUT2D eigenvalue weighted by atomic mass is 10.1. The highest BCUT2D eigenvalue weighted by Crippen LogP contribution is 2.23. The van der Waals surface area contributed by atoms with Crippen molar-refractivity contribution >= 4 is 23.2 Å². The van der Waals surface area contributed by atoms with Gasteiger partial charge in [0.2, 0.25) is 5.91 Å². The van der Waals surface area contributed by atoms with Crippen molar-refractivity contribution in [1.29, 1.82) is 0 Å². The van der Waals surface area contributed by atoms with Gasteiger partial charge in [-0.3, -0.25) is 14.6 Å². The van der Waals surface area contributed by atoms with Crippen LogP contribution < -0.4 is 10.2 Å². The van der Waals surface area contributed by atoms with Gasteiger partial charge in [0, 0.05) is 41.7 Å². The van der Waals surface area contributed by atoms with E-state index in [0.717, 1.165) is 29.9 Å². The second-order valence-electron chi connectivity index (χ2n) is 6.45. The molecule has 0 aliphatic carbocycles. The number of nitrogens with zero attached hydrogens (tertiary/aromatic N) is 2. The van der Waals surface area contributed by atoms with Gasteiger partial charge < -0.3 is 10.2 Å². The standard InChI is InChI=1S/C22H19N3O2/c26-21-8-4-14-25(21)19-11-9-16(10-12-19)22(27)24-18-6-3-5-17(15-18)20-7-1-2-13-23-20/h1-3,5-7,9-13,15H,4,8,14H2,(H,24,27). The summed E-state index contributed by atoms with van der Waals surface area (Å²) in [5.41, 5.74) is 3.89. The molecule has 2 amide bonds. The number of hydrogen-bond donors (Lipinski definition) is 1. The summed E-state index contributed by atoms with van der Waals surface area (Å²) in [5, 5.41) is 2.92. The van der Waals surface area contributed by atoms with Gasteiger partial charge in [-0.2, -0.15) is 0 Å². The molecule has 0 saturated carbocycles. The van der Waals surface area contributed by atoms with E-state index in [2.05, 4.69) is 10.3 Å². The maximum Gasteiger partial charge on any atom is 0.255 e. The predicted octanol–water partition coefficient (Wildman–Crippen LogP) is 4.13. The van der Waals surface area contributed by atoms with Crippen LogP contribution in [-0.2, 0) is 4.79 Å². The lowest BCUT2D eigenvalue weighted by molar-refractivity contribution is -0.117. The first-order valence-corrected chi connectivity index (χ1v) is 8.94. The van der Waals surface area contributed by atoms with Crippen LogP contribution in [0.4, 0.5) is 11.4 Å². The molecule has 0 radical (unpaired) electrons. The quantitative estimate of drug-likeness (QED) is 0.764. The first-order chi connectivity index (χ1) is 13.2. The summed E-state index contributed by atoms with van der Waals surface area (Å²) in [7, 11) is 0. The Kier molecular flexibility index (Phi) is 4.66. The summed E-state index contributed by atoms with van der Waals surface area (Å²) < 4.78 is 0. The van der Waals surface area contributed by atoms with Gasteiger partial charge in [0.05, 0.1) is 5.69 Å². The molecule has 1 fully saturated rings. The second-order valence-corrected chi connectivity index (χ2v) is 6.45. The number of anilines is 2. The highest BCUT2D eigenvalue weighted by Gasteiger charge is 2.21. The van der Waals surface area contributed by atoms with Crippen molar-refractivity contribution in [2.45, 2.75) is 12.8 Å². The van der Waals surface area contributed by atoms with Crippen LogP contribution in [0.5, 0.6) is 0 Å². The van der Waals surface area contributed by atoms with E-state index in [-0.39, 0.29) is 11.8 Å². The van der Waals surface area contributed by atoms with E-state index in [4.69, 9.17) is 0 Å². The molecule has 134 valence electrons. The van der Waals surface area contributed by atoms with E-state index in [1.165, 1.54) is 0 Å². The summed E-state index contributed by atoms with van der Waals surface area (Å²) in [6, 6.07) is 20.5. The Morgan fingerprint density at radius 2 is 1.85 bits per heavy atom. The number of nitrogens with one attached hydrogen (secondary N) is 1. The summed E-state index contributed by atoms with van der Waals surface area (Å²) in [4.78, 5) is 30.5. The van der Waals surface area contributed by atoms with Crippen LogP contribution in [0.25, 0.3) is 11.3 Å². The molecule has 0 unspecified atom stereocenters. The molecule has 27 heavy (non-hydrogen) atoms. The normalized spacial score (nSPS) is 13.6. The summed E-state index contributed by atoms with van der Waals surface area (Å²) >= 11 is 0. The Labute approximate surface area is 157 Å². The van der Waals surface area contributed by atoms with Gasteiger partial charge in [-0.15, -0.1) is 0 Å². The highest BCUT2D eigenvalue weighted by atomic mass is 16.2. The van der Waals surface area contributed by atoms with Crippen molar-refractivity contribution < 1.29 is 9.59 Å². The Bertz CT molecular complexity index is 968. The van der Waals surface area contributed by atoms with E-state index < -0.39 is 0 Å². The SMILES string of the molecule is O=C(Nc1cccc(-c2ccccn2)c1)c1ccc(N2CCCC2=O)cc1. The van der Waals surface area contributed by atoms with Crippen molar-refractivity contribution in [3.8, 4) is 11.3 Å². The zero-order valence-corrected chi connectivity index (χ0v) is 14.8. The van der Waals surface area contributed by atoms with Gasteiger partial charge >= 0.3 is 0 Å². The molecule has 5 nitrogen and oxygen atoms in total. The topological polar surface area (TPSA) is 62.3 Å². The number of pyridine rings is 1. The second kappa shape index (κ2) is 7.41. The van der Waals surface area contributed by atoms with Gasteiger partial charge in [0.25, 0.3) is 5.91 Å². The molecule has 1 aromatic heterocycles. The molecule has 2 heterocycles. The van der Waals surface area contributed by atoms with E-state index in [9.17, 15) is 9.59 Å². The smallest absolute Gasteiger partial charge is 0.255 e. The summed E-state index contributed by atoms with van der Waals surface area (Å²) in [6.45, 7) is 0.741. The van der Waals surface area contributed by atoms with Crippen molar-refractivity contribution in [3.05, 3.63) is 78.5 Å². The lowest BCUT2D eigenvalue weighted by Gasteiger charge is -2.15. The Hall–Kier alpha value is -3.47. The molecule has 1 saturated heterocycles. The number of hydrogen-bond acceptors (Lipinski definition) is 3. The Morgan fingerprint density at radius 3 is 2.56 bits per heavy atom. The molecular weight excluding hydrogens is 338 g/mol. The zero-order valence-electron chi connectivity index (χ0n) is 14.8.